The highest BCUT2D eigenvalue weighted by Crippen LogP contribution is 2.12. The molecule has 27 heavy (non-hydrogen) atoms. The molecule has 1 rings (SSSR count). The van der Waals surface area contributed by atoms with Crippen molar-refractivity contribution in [3.63, 3.8) is 0 Å². The van der Waals surface area contributed by atoms with Crippen molar-refractivity contribution in [1.82, 2.24) is 4.90 Å². The molecule has 2 heteroatoms. The maximum absolute atomic E-state index is 12.1. The van der Waals surface area contributed by atoms with E-state index in [1.165, 1.54) is 82.3 Å². The summed E-state index contributed by atoms with van der Waals surface area (Å²) in [6.07, 6.45) is 18.5. The van der Waals surface area contributed by atoms with Crippen LogP contribution < -0.4 is 0 Å². The van der Waals surface area contributed by atoms with Gasteiger partial charge in [-0.3, -0.25) is 4.79 Å². The Labute approximate surface area is 168 Å². The zero-order valence-corrected chi connectivity index (χ0v) is 17.6. The Kier molecular flexibility index (Phi) is 14.4. The van der Waals surface area contributed by atoms with Crippen LogP contribution in [0.5, 0.6) is 0 Å². The van der Waals surface area contributed by atoms with E-state index in [9.17, 15) is 4.79 Å². The Morgan fingerprint density at radius 3 is 1.85 bits per heavy atom. The monoisotopic (exact) mass is 371 g/mol. The first-order chi connectivity index (χ1) is 13.3. The van der Waals surface area contributed by atoms with Crippen LogP contribution in [-0.4, -0.2) is 23.9 Å². The average Bonchev–Trinajstić information content (AvgIpc) is 2.71. The van der Waals surface area contributed by atoms with Gasteiger partial charge < -0.3 is 4.90 Å². The third-order valence-corrected chi connectivity index (χ3v) is 5.28. The number of hydrogen-bond acceptors (Lipinski definition) is 1. The summed E-state index contributed by atoms with van der Waals surface area (Å²) in [5, 5.41) is 0. The lowest BCUT2D eigenvalue weighted by atomic mass is 10.1. The summed E-state index contributed by atoms with van der Waals surface area (Å²) in [5.41, 5.74) is 1.29. The molecule has 0 saturated heterocycles. The molecule has 0 atom stereocenters. The van der Waals surface area contributed by atoms with Crippen molar-refractivity contribution >= 4 is 5.91 Å². The highest BCUT2D eigenvalue weighted by molar-refractivity contribution is 5.86. The second kappa shape index (κ2) is 16.6. The minimum atomic E-state index is 0.0639. The van der Waals surface area contributed by atoms with Crippen molar-refractivity contribution in [2.45, 2.75) is 90.4 Å². The first kappa shape index (κ1) is 23.5. The lowest BCUT2D eigenvalue weighted by molar-refractivity contribution is -0.126. The number of carbonyl (C=O) groups excluding carboxylic acids is 1. The van der Waals surface area contributed by atoms with Crippen LogP contribution in [0, 0.1) is 0 Å². The summed E-state index contributed by atoms with van der Waals surface area (Å²) in [6, 6.07) is 10.4. The molecule has 0 bridgehead atoms. The molecule has 0 radical (unpaired) electrons. The fraction of sp³-hybridized carbons (Fsp3) is 0.640. The quantitative estimate of drug-likeness (QED) is 0.214. The molecule has 1 amide bonds. The molecule has 0 N–H and O–H groups in total. The molecule has 0 saturated carbocycles. The molecule has 152 valence electrons. The Balaban J connectivity index is 2.05. The first-order valence-electron chi connectivity index (χ1n) is 11.2. The molecule has 0 unspecified atom stereocenters. The highest BCUT2D eigenvalue weighted by Gasteiger charge is 2.09. The summed E-state index contributed by atoms with van der Waals surface area (Å²) in [5.74, 6) is 0.0639. The van der Waals surface area contributed by atoms with Gasteiger partial charge >= 0.3 is 0 Å². The average molecular weight is 372 g/mol. The second-order valence-corrected chi connectivity index (χ2v) is 7.65. The van der Waals surface area contributed by atoms with Crippen molar-refractivity contribution in [1.29, 1.82) is 0 Å². The van der Waals surface area contributed by atoms with E-state index >= 15 is 0 Å². The molecule has 0 aromatic heterocycles. The number of amides is 1. The summed E-state index contributed by atoms with van der Waals surface area (Å²) < 4.78 is 0. The number of carbonyl (C=O) groups is 1. The Bertz CT molecular complexity index is 482. The molecule has 2 nitrogen and oxygen atoms in total. The largest absolute Gasteiger partial charge is 0.339 e. The van der Waals surface area contributed by atoms with Crippen molar-refractivity contribution < 1.29 is 4.79 Å². The molecule has 0 heterocycles. The van der Waals surface area contributed by atoms with Crippen LogP contribution in [0.15, 0.2) is 43.0 Å². The summed E-state index contributed by atoms with van der Waals surface area (Å²) in [7, 11) is 0. The van der Waals surface area contributed by atoms with Gasteiger partial charge in [0.15, 0.2) is 0 Å². The minimum Gasteiger partial charge on any atom is -0.339 e. The highest BCUT2D eigenvalue weighted by atomic mass is 16.2. The third-order valence-electron chi connectivity index (χ3n) is 5.28. The van der Waals surface area contributed by atoms with E-state index in [0.29, 0.717) is 0 Å². The van der Waals surface area contributed by atoms with Crippen LogP contribution in [0.1, 0.15) is 89.5 Å². The van der Waals surface area contributed by atoms with Gasteiger partial charge in [0, 0.05) is 13.1 Å². The van der Waals surface area contributed by atoms with E-state index in [1.807, 2.05) is 11.0 Å². The molecule has 0 aliphatic carbocycles. The Hall–Kier alpha value is -1.57. The molecular formula is C25H41NO. The molecule has 1 aromatic rings. The Morgan fingerprint density at radius 2 is 1.33 bits per heavy atom. The van der Waals surface area contributed by atoms with Gasteiger partial charge in [0.25, 0.3) is 0 Å². The molecule has 1 aromatic carbocycles. The maximum atomic E-state index is 12.1. The molecular weight excluding hydrogens is 330 g/mol. The van der Waals surface area contributed by atoms with Gasteiger partial charge in [-0.25, -0.2) is 0 Å². The molecule has 0 fully saturated rings. The topological polar surface area (TPSA) is 20.3 Å². The lowest BCUT2D eigenvalue weighted by Crippen LogP contribution is -2.32. The standard InChI is InChI=1S/C25H41NO/c1-3-5-6-7-8-9-10-11-12-13-14-18-22-26(25(27)4-2)23-21-24-19-16-15-17-20-24/h4,15-17,19-20H,2-3,5-14,18,21-23H2,1H3. The van der Waals surface area contributed by atoms with Gasteiger partial charge in [-0.2, -0.15) is 0 Å². The van der Waals surface area contributed by atoms with Gasteiger partial charge in [0.2, 0.25) is 5.91 Å². The van der Waals surface area contributed by atoms with Crippen LogP contribution >= 0.6 is 0 Å². The molecule has 0 spiro atoms. The van der Waals surface area contributed by atoms with E-state index in [-0.39, 0.29) is 5.91 Å². The number of unbranched alkanes of at least 4 members (excludes halogenated alkanes) is 11. The first-order valence-corrected chi connectivity index (χ1v) is 11.2. The van der Waals surface area contributed by atoms with Crippen molar-refractivity contribution in [2.75, 3.05) is 13.1 Å². The fourth-order valence-electron chi connectivity index (χ4n) is 3.51. The van der Waals surface area contributed by atoms with Crippen LogP contribution in [0.3, 0.4) is 0 Å². The Morgan fingerprint density at radius 1 is 0.815 bits per heavy atom. The zero-order chi connectivity index (χ0) is 19.6. The van der Waals surface area contributed by atoms with Crippen LogP contribution in [0.4, 0.5) is 0 Å². The minimum absolute atomic E-state index is 0.0639. The van der Waals surface area contributed by atoms with Gasteiger partial charge in [-0.15, -0.1) is 0 Å². The van der Waals surface area contributed by atoms with Crippen LogP contribution in [0.25, 0.3) is 0 Å². The van der Waals surface area contributed by atoms with E-state index in [0.717, 1.165) is 25.9 Å². The molecule has 0 aliphatic heterocycles. The van der Waals surface area contributed by atoms with Gasteiger partial charge in [-0.1, -0.05) is 114 Å². The fourth-order valence-corrected chi connectivity index (χ4v) is 3.51. The lowest BCUT2D eigenvalue weighted by Gasteiger charge is -2.21. The van der Waals surface area contributed by atoms with Crippen molar-refractivity contribution in [3.05, 3.63) is 48.6 Å². The van der Waals surface area contributed by atoms with Gasteiger partial charge in [0.1, 0.15) is 0 Å². The second-order valence-electron chi connectivity index (χ2n) is 7.65. The van der Waals surface area contributed by atoms with E-state index < -0.39 is 0 Å². The number of rotatable bonds is 17. The van der Waals surface area contributed by atoms with E-state index in [4.69, 9.17) is 0 Å². The molecule has 0 aliphatic rings. The summed E-state index contributed by atoms with van der Waals surface area (Å²) in [6.45, 7) is 7.57. The maximum Gasteiger partial charge on any atom is 0.245 e. The number of benzene rings is 1. The van der Waals surface area contributed by atoms with Gasteiger partial charge in [0.05, 0.1) is 0 Å². The predicted octanol–water partition coefficient (Wildman–Crippen LogP) is 6.94. The van der Waals surface area contributed by atoms with Crippen LogP contribution in [0.2, 0.25) is 0 Å². The third kappa shape index (κ3) is 12.4. The SMILES string of the molecule is C=CC(=O)N(CCCCCCCCCCCCCC)CCc1ccccc1. The van der Waals surface area contributed by atoms with E-state index in [2.05, 4.69) is 37.8 Å². The number of nitrogens with zero attached hydrogens (tertiary/aromatic N) is 1. The zero-order valence-electron chi connectivity index (χ0n) is 17.6. The van der Waals surface area contributed by atoms with Gasteiger partial charge in [-0.05, 0) is 24.5 Å². The van der Waals surface area contributed by atoms with Crippen molar-refractivity contribution in [2.24, 2.45) is 0 Å². The smallest absolute Gasteiger partial charge is 0.245 e. The summed E-state index contributed by atoms with van der Waals surface area (Å²) >= 11 is 0. The summed E-state index contributed by atoms with van der Waals surface area (Å²) in [4.78, 5) is 14.0. The predicted molar refractivity (Wildman–Crippen MR) is 118 cm³/mol. The van der Waals surface area contributed by atoms with E-state index in [1.54, 1.807) is 0 Å². The normalized spacial score (nSPS) is 10.7. The van der Waals surface area contributed by atoms with Crippen molar-refractivity contribution in [3.8, 4) is 0 Å². The van der Waals surface area contributed by atoms with Crippen LogP contribution in [-0.2, 0) is 11.2 Å². The number of hydrogen-bond donors (Lipinski definition) is 0.